The summed E-state index contributed by atoms with van der Waals surface area (Å²) in [6.07, 6.45) is 0.726. The Labute approximate surface area is 140 Å². The van der Waals surface area contributed by atoms with Crippen LogP contribution in [0.15, 0.2) is 60.7 Å². The first kappa shape index (κ1) is 16.2. The Balaban J connectivity index is 1.55. The normalized spacial score (nSPS) is 15.7. The number of hydrogen-bond donors (Lipinski definition) is 0. The first-order valence-electron chi connectivity index (χ1n) is 7.77. The lowest BCUT2D eigenvalue weighted by Crippen LogP contribution is -2.46. The van der Waals surface area contributed by atoms with E-state index in [0.717, 1.165) is 6.42 Å². The fourth-order valence-electron chi connectivity index (χ4n) is 2.38. The summed E-state index contributed by atoms with van der Waals surface area (Å²) < 4.78 is 0. The molecular weight excluding hydrogens is 308 g/mol. The summed E-state index contributed by atoms with van der Waals surface area (Å²) in [5.41, 5.74) is 0.965. The molecule has 0 amide bonds. The predicted molar refractivity (Wildman–Crippen MR) is 86.6 cm³/mol. The minimum atomic E-state index is -0.424. The van der Waals surface area contributed by atoms with Gasteiger partial charge in [-0.15, -0.1) is 10.1 Å². The Morgan fingerprint density at radius 2 is 1.12 bits per heavy atom. The summed E-state index contributed by atoms with van der Waals surface area (Å²) in [6.45, 7) is 1.41. The third-order valence-corrected chi connectivity index (χ3v) is 3.57. The van der Waals surface area contributed by atoms with Crippen molar-refractivity contribution < 1.29 is 19.3 Å². The van der Waals surface area contributed by atoms with E-state index in [9.17, 15) is 9.59 Å². The molecule has 0 aromatic heterocycles. The second-order valence-corrected chi connectivity index (χ2v) is 5.40. The average molecular weight is 326 g/mol. The number of carbonyl (C=O) groups is 2. The van der Waals surface area contributed by atoms with E-state index in [0.29, 0.717) is 24.2 Å². The van der Waals surface area contributed by atoms with Gasteiger partial charge in [0.25, 0.3) is 0 Å². The summed E-state index contributed by atoms with van der Waals surface area (Å²) >= 11 is 0. The zero-order chi connectivity index (χ0) is 16.8. The van der Waals surface area contributed by atoms with Crippen molar-refractivity contribution in [2.45, 2.75) is 6.42 Å². The lowest BCUT2D eigenvalue weighted by molar-refractivity contribution is -0.226. The van der Waals surface area contributed by atoms with Gasteiger partial charge in [0.2, 0.25) is 0 Å². The highest BCUT2D eigenvalue weighted by molar-refractivity contribution is 5.89. The molecule has 6 heteroatoms. The third kappa shape index (κ3) is 4.18. The van der Waals surface area contributed by atoms with E-state index in [1.165, 1.54) is 10.1 Å². The highest BCUT2D eigenvalue weighted by Gasteiger charge is 2.24. The molecule has 0 N–H and O–H groups in total. The molecule has 1 aliphatic heterocycles. The molecule has 1 fully saturated rings. The van der Waals surface area contributed by atoms with Crippen LogP contribution < -0.4 is 0 Å². The van der Waals surface area contributed by atoms with Gasteiger partial charge in [0.05, 0.1) is 11.1 Å². The van der Waals surface area contributed by atoms with Gasteiger partial charge in [-0.1, -0.05) is 36.4 Å². The number of nitrogens with zero attached hydrogens (tertiary/aromatic N) is 2. The van der Waals surface area contributed by atoms with Gasteiger partial charge in [-0.25, -0.2) is 9.59 Å². The van der Waals surface area contributed by atoms with Crippen LogP contribution in [-0.4, -0.2) is 41.8 Å². The van der Waals surface area contributed by atoms with Crippen molar-refractivity contribution >= 4 is 11.9 Å². The Morgan fingerprint density at radius 3 is 1.54 bits per heavy atom. The molecule has 124 valence electrons. The van der Waals surface area contributed by atoms with Gasteiger partial charge < -0.3 is 9.68 Å². The molecule has 24 heavy (non-hydrogen) atoms. The lowest BCUT2D eigenvalue weighted by Gasteiger charge is -2.32. The van der Waals surface area contributed by atoms with E-state index < -0.39 is 11.9 Å². The molecule has 6 nitrogen and oxygen atoms in total. The zero-order valence-electron chi connectivity index (χ0n) is 13.1. The molecule has 1 heterocycles. The van der Waals surface area contributed by atoms with E-state index in [1.807, 2.05) is 12.1 Å². The monoisotopic (exact) mass is 326 g/mol. The minimum absolute atomic E-state index is 0.219. The van der Waals surface area contributed by atoms with Crippen LogP contribution in [0.2, 0.25) is 0 Å². The van der Waals surface area contributed by atoms with Gasteiger partial charge >= 0.3 is 11.9 Å². The molecule has 0 spiro atoms. The minimum Gasteiger partial charge on any atom is -0.362 e. The van der Waals surface area contributed by atoms with Crippen LogP contribution in [-0.2, 0) is 9.68 Å². The van der Waals surface area contributed by atoms with Crippen molar-refractivity contribution in [2.24, 2.45) is 0 Å². The molecule has 0 aliphatic carbocycles. The zero-order valence-corrected chi connectivity index (χ0v) is 13.1. The van der Waals surface area contributed by atoms with Crippen LogP contribution in [0, 0.1) is 0 Å². The van der Waals surface area contributed by atoms with Gasteiger partial charge in [-0.3, -0.25) is 0 Å². The predicted octanol–water partition coefficient (Wildman–Crippen LogP) is 2.50. The van der Waals surface area contributed by atoms with Crippen molar-refractivity contribution in [3.63, 3.8) is 0 Å². The molecule has 2 aromatic carbocycles. The van der Waals surface area contributed by atoms with E-state index in [4.69, 9.17) is 9.68 Å². The van der Waals surface area contributed by atoms with Crippen LogP contribution in [0.1, 0.15) is 27.1 Å². The molecule has 0 unspecified atom stereocenters. The molecule has 0 atom stereocenters. The quantitative estimate of drug-likeness (QED) is 0.860. The number of carbonyl (C=O) groups excluding carboxylic acids is 2. The highest BCUT2D eigenvalue weighted by Crippen LogP contribution is 2.12. The Morgan fingerprint density at radius 1 is 0.708 bits per heavy atom. The summed E-state index contributed by atoms with van der Waals surface area (Å²) in [7, 11) is 0. The number of hydrogen-bond acceptors (Lipinski definition) is 6. The largest absolute Gasteiger partial charge is 0.362 e. The maximum Gasteiger partial charge on any atom is 0.357 e. The van der Waals surface area contributed by atoms with Gasteiger partial charge in [0.15, 0.2) is 0 Å². The van der Waals surface area contributed by atoms with Gasteiger partial charge in [0, 0.05) is 13.1 Å². The van der Waals surface area contributed by atoms with Crippen molar-refractivity contribution in [3.8, 4) is 0 Å². The highest BCUT2D eigenvalue weighted by atomic mass is 16.7. The molecule has 1 saturated heterocycles. The topological polar surface area (TPSA) is 59.1 Å². The maximum absolute atomic E-state index is 12.1. The molecule has 0 saturated carbocycles. The number of benzene rings is 2. The van der Waals surface area contributed by atoms with E-state index in [-0.39, 0.29) is 6.67 Å². The van der Waals surface area contributed by atoms with Crippen LogP contribution in [0.4, 0.5) is 0 Å². The fourth-order valence-corrected chi connectivity index (χ4v) is 2.38. The van der Waals surface area contributed by atoms with Crippen LogP contribution >= 0.6 is 0 Å². The second kappa shape index (κ2) is 7.72. The standard InChI is InChI=1S/C18H18N2O4/c21-17(15-8-3-1-4-9-15)23-19-12-7-13-20(14-19)24-18(22)16-10-5-2-6-11-16/h1-6,8-11H,7,12-14H2. The Hall–Kier alpha value is -2.70. The number of hydroxylamine groups is 4. The first-order valence-corrected chi connectivity index (χ1v) is 7.77. The molecule has 3 rings (SSSR count). The van der Waals surface area contributed by atoms with Gasteiger partial charge in [-0.2, -0.15) is 0 Å². The van der Waals surface area contributed by atoms with E-state index in [1.54, 1.807) is 48.5 Å². The van der Waals surface area contributed by atoms with Crippen LogP contribution in [0.3, 0.4) is 0 Å². The SMILES string of the molecule is O=C(ON1CCCN(OC(=O)c2ccccc2)C1)c1ccccc1. The number of rotatable bonds is 4. The van der Waals surface area contributed by atoms with Gasteiger partial charge in [-0.05, 0) is 30.7 Å². The summed E-state index contributed by atoms with van der Waals surface area (Å²) in [6, 6.07) is 17.6. The molecule has 2 aromatic rings. The van der Waals surface area contributed by atoms with Crippen molar-refractivity contribution in [3.05, 3.63) is 71.8 Å². The van der Waals surface area contributed by atoms with E-state index in [2.05, 4.69) is 0 Å². The van der Waals surface area contributed by atoms with Crippen molar-refractivity contribution in [1.29, 1.82) is 0 Å². The average Bonchev–Trinajstić information content (AvgIpc) is 2.63. The summed E-state index contributed by atoms with van der Waals surface area (Å²) in [4.78, 5) is 34.9. The maximum atomic E-state index is 12.1. The Bertz CT molecular complexity index is 631. The molecule has 1 aliphatic rings. The smallest absolute Gasteiger partial charge is 0.357 e. The summed E-state index contributed by atoms with van der Waals surface area (Å²) in [5, 5.41) is 2.99. The van der Waals surface area contributed by atoms with Crippen LogP contribution in [0.25, 0.3) is 0 Å². The fraction of sp³-hybridized carbons (Fsp3) is 0.222. The van der Waals surface area contributed by atoms with Crippen molar-refractivity contribution in [1.82, 2.24) is 10.1 Å². The van der Waals surface area contributed by atoms with E-state index >= 15 is 0 Å². The molecule has 0 bridgehead atoms. The second-order valence-electron chi connectivity index (χ2n) is 5.40. The molecular formula is C18H18N2O4. The van der Waals surface area contributed by atoms with Crippen LogP contribution in [0.5, 0.6) is 0 Å². The summed E-state index contributed by atoms with van der Waals surface area (Å²) in [5.74, 6) is -0.848. The van der Waals surface area contributed by atoms with Crippen molar-refractivity contribution in [2.75, 3.05) is 19.8 Å². The third-order valence-electron chi connectivity index (χ3n) is 3.57. The first-order chi connectivity index (χ1) is 11.7. The lowest BCUT2D eigenvalue weighted by atomic mass is 10.2. The van der Waals surface area contributed by atoms with Gasteiger partial charge in [0.1, 0.15) is 6.67 Å². The Kier molecular flexibility index (Phi) is 5.20. The molecule has 0 radical (unpaired) electrons.